The van der Waals surface area contributed by atoms with E-state index in [4.69, 9.17) is 27.9 Å². The Morgan fingerprint density at radius 3 is 2.42 bits per heavy atom. The van der Waals surface area contributed by atoms with Crippen molar-refractivity contribution >= 4 is 23.2 Å². The van der Waals surface area contributed by atoms with Crippen molar-refractivity contribution in [3.05, 3.63) is 28.2 Å². The smallest absolute Gasteiger partial charge is 0.158 e. The summed E-state index contributed by atoms with van der Waals surface area (Å²) in [6, 6.07) is 5.24. The van der Waals surface area contributed by atoms with Gasteiger partial charge in [0.1, 0.15) is 6.73 Å². The zero-order valence-electron chi connectivity index (χ0n) is 6.60. The topological polar surface area (TPSA) is 21.3 Å². The number of benzene rings is 1. The van der Waals surface area contributed by atoms with Gasteiger partial charge >= 0.3 is 0 Å². The van der Waals surface area contributed by atoms with Gasteiger partial charge in [-0.25, -0.2) is 0 Å². The van der Waals surface area contributed by atoms with Gasteiger partial charge in [0.05, 0.1) is 10.0 Å². The van der Waals surface area contributed by atoms with Crippen LogP contribution in [-0.4, -0.2) is 13.8 Å². The van der Waals surface area contributed by atoms with Gasteiger partial charge in [0.2, 0.25) is 0 Å². The van der Waals surface area contributed by atoms with Crippen molar-refractivity contribution < 1.29 is 4.74 Å². The van der Waals surface area contributed by atoms with Crippen LogP contribution in [0.3, 0.4) is 0 Å². The molecule has 66 valence electrons. The van der Waals surface area contributed by atoms with Crippen molar-refractivity contribution in [2.75, 3.05) is 13.8 Å². The van der Waals surface area contributed by atoms with Gasteiger partial charge in [0, 0.05) is 0 Å². The molecule has 0 saturated carbocycles. The number of hydrogen-bond donors (Lipinski definition) is 1. The maximum Gasteiger partial charge on any atom is 0.158 e. The molecule has 0 unspecified atom stereocenters. The number of rotatable bonds is 3. The quantitative estimate of drug-likeness (QED) is 0.767. The second-order valence-corrected chi connectivity index (χ2v) is 3.01. The molecular weight excluding hydrogens is 197 g/mol. The van der Waals surface area contributed by atoms with E-state index in [1.54, 1.807) is 25.2 Å². The third kappa shape index (κ3) is 2.27. The maximum atomic E-state index is 5.83. The van der Waals surface area contributed by atoms with Gasteiger partial charge in [-0.1, -0.05) is 29.3 Å². The molecule has 1 aromatic carbocycles. The van der Waals surface area contributed by atoms with Crippen molar-refractivity contribution in [3.63, 3.8) is 0 Å². The highest BCUT2D eigenvalue weighted by Crippen LogP contribution is 2.31. The Morgan fingerprint density at radius 2 is 1.92 bits per heavy atom. The van der Waals surface area contributed by atoms with Gasteiger partial charge in [0.25, 0.3) is 0 Å². The fourth-order valence-corrected chi connectivity index (χ4v) is 1.27. The molecule has 0 aliphatic carbocycles. The highest BCUT2D eigenvalue weighted by atomic mass is 35.5. The van der Waals surface area contributed by atoms with Crippen LogP contribution < -0.4 is 10.1 Å². The van der Waals surface area contributed by atoms with Gasteiger partial charge in [-0.05, 0) is 19.2 Å². The highest BCUT2D eigenvalue weighted by molar-refractivity contribution is 6.37. The average Bonchev–Trinajstić information content (AvgIpc) is 2.04. The zero-order valence-corrected chi connectivity index (χ0v) is 8.12. The minimum Gasteiger partial charge on any atom is -0.475 e. The normalized spacial score (nSPS) is 9.92. The number of para-hydroxylation sites is 1. The van der Waals surface area contributed by atoms with E-state index in [1.165, 1.54) is 0 Å². The predicted molar refractivity (Wildman–Crippen MR) is 51.0 cm³/mol. The van der Waals surface area contributed by atoms with Crippen molar-refractivity contribution in [2.45, 2.75) is 0 Å². The monoisotopic (exact) mass is 205 g/mol. The van der Waals surface area contributed by atoms with Crippen LogP contribution in [0.1, 0.15) is 0 Å². The van der Waals surface area contributed by atoms with Crippen LogP contribution in [0.15, 0.2) is 18.2 Å². The summed E-state index contributed by atoms with van der Waals surface area (Å²) in [5.41, 5.74) is 0. The molecule has 0 amide bonds. The summed E-state index contributed by atoms with van der Waals surface area (Å²) in [7, 11) is 1.78. The summed E-state index contributed by atoms with van der Waals surface area (Å²) in [5, 5.41) is 3.88. The van der Waals surface area contributed by atoms with Crippen LogP contribution >= 0.6 is 23.2 Å². The summed E-state index contributed by atoms with van der Waals surface area (Å²) in [6.07, 6.45) is 0. The van der Waals surface area contributed by atoms with Gasteiger partial charge in [0.15, 0.2) is 5.75 Å². The minimum atomic E-state index is 0.392. The number of hydrogen-bond acceptors (Lipinski definition) is 2. The van der Waals surface area contributed by atoms with Crippen LogP contribution in [0.2, 0.25) is 10.0 Å². The van der Waals surface area contributed by atoms with Crippen LogP contribution in [0.5, 0.6) is 5.75 Å². The second-order valence-electron chi connectivity index (χ2n) is 2.19. The van der Waals surface area contributed by atoms with Crippen LogP contribution in [-0.2, 0) is 0 Å². The van der Waals surface area contributed by atoms with Crippen molar-refractivity contribution in [2.24, 2.45) is 0 Å². The Bertz CT molecular complexity index is 245. The third-order valence-electron chi connectivity index (χ3n) is 1.28. The average molecular weight is 206 g/mol. The molecule has 4 heteroatoms. The molecule has 2 nitrogen and oxygen atoms in total. The Hall–Kier alpha value is -0.440. The van der Waals surface area contributed by atoms with E-state index < -0.39 is 0 Å². The molecule has 1 rings (SSSR count). The van der Waals surface area contributed by atoms with E-state index in [9.17, 15) is 0 Å². The summed E-state index contributed by atoms with van der Waals surface area (Å²) < 4.78 is 5.24. The maximum absolute atomic E-state index is 5.83. The molecule has 12 heavy (non-hydrogen) atoms. The molecule has 0 aliphatic rings. The molecular formula is C8H9Cl2NO. The van der Waals surface area contributed by atoms with Crippen LogP contribution in [0, 0.1) is 0 Å². The van der Waals surface area contributed by atoms with Crippen molar-refractivity contribution in [3.8, 4) is 5.75 Å². The van der Waals surface area contributed by atoms with Gasteiger partial charge in [-0.2, -0.15) is 0 Å². The highest BCUT2D eigenvalue weighted by Gasteiger charge is 2.04. The van der Waals surface area contributed by atoms with Crippen molar-refractivity contribution in [1.82, 2.24) is 5.32 Å². The van der Waals surface area contributed by atoms with E-state index in [-0.39, 0.29) is 0 Å². The Kier molecular flexibility index (Phi) is 3.66. The Labute approximate surface area is 81.4 Å². The summed E-state index contributed by atoms with van der Waals surface area (Å²) >= 11 is 11.7. The summed E-state index contributed by atoms with van der Waals surface area (Å²) in [6.45, 7) is 0.392. The zero-order chi connectivity index (χ0) is 8.97. The molecule has 0 saturated heterocycles. The molecule has 0 bridgehead atoms. The first-order chi connectivity index (χ1) is 5.75. The first-order valence-electron chi connectivity index (χ1n) is 3.47. The lowest BCUT2D eigenvalue weighted by Crippen LogP contribution is -2.14. The lowest BCUT2D eigenvalue weighted by Gasteiger charge is -2.07. The SMILES string of the molecule is CNCOc1c(Cl)cccc1Cl. The number of nitrogens with one attached hydrogen (secondary N) is 1. The fourth-order valence-electron chi connectivity index (χ4n) is 0.765. The molecule has 0 heterocycles. The standard InChI is InChI=1S/C8H9Cl2NO/c1-11-5-12-8-6(9)3-2-4-7(8)10/h2-4,11H,5H2,1H3. The number of halogens is 2. The van der Waals surface area contributed by atoms with Gasteiger partial charge in [-0.15, -0.1) is 0 Å². The predicted octanol–water partition coefficient (Wildman–Crippen LogP) is 2.55. The lowest BCUT2D eigenvalue weighted by atomic mass is 10.3. The number of ether oxygens (including phenoxy) is 1. The van der Waals surface area contributed by atoms with E-state index in [1.807, 2.05) is 0 Å². The largest absolute Gasteiger partial charge is 0.475 e. The first-order valence-corrected chi connectivity index (χ1v) is 4.22. The summed E-state index contributed by atoms with van der Waals surface area (Å²) in [4.78, 5) is 0. The van der Waals surface area contributed by atoms with Crippen LogP contribution in [0.4, 0.5) is 0 Å². The van der Waals surface area contributed by atoms with E-state index in [2.05, 4.69) is 5.32 Å². The summed E-state index contributed by atoms with van der Waals surface area (Å²) in [5.74, 6) is 0.523. The third-order valence-corrected chi connectivity index (χ3v) is 1.88. The lowest BCUT2D eigenvalue weighted by molar-refractivity contribution is 0.296. The van der Waals surface area contributed by atoms with Gasteiger partial charge in [-0.3, -0.25) is 5.32 Å². The minimum absolute atomic E-state index is 0.392. The molecule has 0 aromatic heterocycles. The molecule has 0 radical (unpaired) electrons. The molecule has 0 atom stereocenters. The first kappa shape index (κ1) is 9.65. The molecule has 1 aromatic rings. The second kappa shape index (κ2) is 4.55. The van der Waals surface area contributed by atoms with Gasteiger partial charge < -0.3 is 4.74 Å². The van der Waals surface area contributed by atoms with E-state index in [0.29, 0.717) is 22.5 Å². The Morgan fingerprint density at radius 1 is 1.33 bits per heavy atom. The van der Waals surface area contributed by atoms with Crippen LogP contribution in [0.25, 0.3) is 0 Å². The van der Waals surface area contributed by atoms with Crippen molar-refractivity contribution in [1.29, 1.82) is 0 Å². The molecule has 1 N–H and O–H groups in total. The van der Waals surface area contributed by atoms with E-state index in [0.717, 1.165) is 0 Å². The fraction of sp³-hybridized carbons (Fsp3) is 0.250. The Balaban J connectivity index is 2.81. The molecule has 0 aliphatic heterocycles. The molecule has 0 fully saturated rings. The molecule has 0 spiro atoms. The van der Waals surface area contributed by atoms with E-state index >= 15 is 0 Å².